The molecule has 1 rings (SSSR count). The van der Waals surface area contributed by atoms with E-state index in [1.165, 1.54) is 6.92 Å². The third-order valence-corrected chi connectivity index (χ3v) is 3.15. The second kappa shape index (κ2) is 11.2. The monoisotopic (exact) mass is 318 g/mol. The molecule has 1 heterocycles. The molecule has 0 spiro atoms. The molecule has 0 amide bonds. The van der Waals surface area contributed by atoms with Gasteiger partial charge in [-0.3, -0.25) is 4.79 Å². The number of carbonyl (C=O) groups excluding carboxylic acids is 2. The Bertz CT molecular complexity index is 343. The summed E-state index contributed by atoms with van der Waals surface area (Å²) in [6.07, 6.45) is 3.83. The van der Waals surface area contributed by atoms with Crippen molar-refractivity contribution in [3.8, 4) is 0 Å². The van der Waals surface area contributed by atoms with E-state index in [9.17, 15) is 9.59 Å². The summed E-state index contributed by atoms with van der Waals surface area (Å²) in [5.74, 6) is -0.632. The normalized spacial score (nSPS) is 15.0. The maximum absolute atomic E-state index is 11.0. The lowest BCUT2D eigenvalue weighted by Crippen LogP contribution is -2.39. The Kier molecular flexibility index (Phi) is 10.4. The molecule has 0 unspecified atom stereocenters. The molecule has 128 valence electrons. The van der Waals surface area contributed by atoms with Gasteiger partial charge in [0.2, 0.25) is 0 Å². The molecular weight excluding hydrogens is 292 g/mol. The SMILES string of the molecule is C=C(C)C(=O)OCC(CO)(CO)CO.O=C1CCCCCO1. The van der Waals surface area contributed by atoms with E-state index in [0.29, 0.717) is 13.0 Å². The third kappa shape index (κ3) is 8.11. The van der Waals surface area contributed by atoms with Crippen molar-refractivity contribution in [1.29, 1.82) is 0 Å². The van der Waals surface area contributed by atoms with Gasteiger partial charge in [0.1, 0.15) is 6.61 Å². The average molecular weight is 318 g/mol. The maximum Gasteiger partial charge on any atom is 0.333 e. The molecule has 0 aliphatic carbocycles. The third-order valence-electron chi connectivity index (χ3n) is 3.15. The summed E-state index contributed by atoms with van der Waals surface area (Å²) >= 11 is 0. The van der Waals surface area contributed by atoms with E-state index in [1.54, 1.807) is 0 Å². The van der Waals surface area contributed by atoms with Crippen LogP contribution in [0.1, 0.15) is 32.6 Å². The number of hydrogen-bond donors (Lipinski definition) is 3. The van der Waals surface area contributed by atoms with Crippen molar-refractivity contribution in [2.24, 2.45) is 5.41 Å². The molecule has 0 atom stereocenters. The molecule has 0 aromatic rings. The summed E-state index contributed by atoms with van der Waals surface area (Å²) in [6.45, 7) is 3.90. The van der Waals surface area contributed by atoms with Crippen molar-refractivity contribution in [1.82, 2.24) is 0 Å². The van der Waals surface area contributed by atoms with Crippen LogP contribution in [0.3, 0.4) is 0 Å². The Hall–Kier alpha value is -1.44. The Morgan fingerprint density at radius 2 is 1.82 bits per heavy atom. The van der Waals surface area contributed by atoms with Gasteiger partial charge in [-0.15, -0.1) is 0 Å². The van der Waals surface area contributed by atoms with Crippen molar-refractivity contribution >= 4 is 11.9 Å². The average Bonchev–Trinajstić information content (AvgIpc) is 2.77. The zero-order valence-corrected chi connectivity index (χ0v) is 13.0. The van der Waals surface area contributed by atoms with E-state index < -0.39 is 31.2 Å². The maximum atomic E-state index is 11.0. The highest BCUT2D eigenvalue weighted by Gasteiger charge is 2.30. The number of aliphatic hydroxyl groups is 3. The fraction of sp³-hybridized carbons (Fsp3) is 0.733. The van der Waals surface area contributed by atoms with Crippen LogP contribution in [0.15, 0.2) is 12.2 Å². The second-order valence-electron chi connectivity index (χ2n) is 5.36. The fourth-order valence-corrected chi connectivity index (χ4v) is 1.44. The van der Waals surface area contributed by atoms with Crippen LogP contribution in [0.5, 0.6) is 0 Å². The molecule has 1 fully saturated rings. The zero-order valence-electron chi connectivity index (χ0n) is 13.0. The Morgan fingerprint density at radius 3 is 2.32 bits per heavy atom. The highest BCUT2D eigenvalue weighted by atomic mass is 16.5. The Morgan fingerprint density at radius 1 is 1.23 bits per heavy atom. The van der Waals surface area contributed by atoms with Gasteiger partial charge in [-0.05, 0) is 26.2 Å². The van der Waals surface area contributed by atoms with Crippen LogP contribution in [0.4, 0.5) is 0 Å². The lowest BCUT2D eigenvalue weighted by atomic mass is 9.93. The summed E-state index contributed by atoms with van der Waals surface area (Å²) in [4.78, 5) is 21.4. The quantitative estimate of drug-likeness (QED) is 0.472. The van der Waals surface area contributed by atoms with E-state index in [4.69, 9.17) is 24.8 Å². The lowest BCUT2D eigenvalue weighted by molar-refractivity contribution is -0.146. The minimum atomic E-state index is -1.18. The smallest absolute Gasteiger partial charge is 0.333 e. The standard InChI is InChI=1S/C9H16O5.C6H10O2/c1-7(2)8(13)14-6-9(3-10,4-11)5-12;7-6-4-2-1-3-5-8-6/h10-12H,1,3-6H2,2H3;1-5H2. The first-order chi connectivity index (χ1) is 10.4. The van der Waals surface area contributed by atoms with Crippen molar-refractivity contribution in [3.63, 3.8) is 0 Å². The van der Waals surface area contributed by atoms with Gasteiger partial charge in [-0.25, -0.2) is 4.79 Å². The number of aliphatic hydroxyl groups excluding tert-OH is 3. The Labute approximate surface area is 130 Å². The van der Waals surface area contributed by atoms with Crippen LogP contribution >= 0.6 is 0 Å². The topological polar surface area (TPSA) is 113 Å². The summed E-state index contributed by atoms with van der Waals surface area (Å²) in [5, 5.41) is 26.7. The molecule has 1 aliphatic heterocycles. The van der Waals surface area contributed by atoms with Gasteiger partial charge < -0.3 is 24.8 Å². The van der Waals surface area contributed by atoms with Crippen LogP contribution in [0.25, 0.3) is 0 Å². The van der Waals surface area contributed by atoms with E-state index in [0.717, 1.165) is 19.3 Å². The van der Waals surface area contributed by atoms with Gasteiger partial charge in [0.25, 0.3) is 0 Å². The minimum absolute atomic E-state index is 0.0255. The summed E-state index contributed by atoms with van der Waals surface area (Å²) in [6, 6.07) is 0. The second-order valence-corrected chi connectivity index (χ2v) is 5.36. The molecule has 0 aromatic carbocycles. The zero-order chi connectivity index (χ0) is 17.0. The van der Waals surface area contributed by atoms with Gasteiger partial charge in [0.15, 0.2) is 0 Å². The molecule has 1 saturated heterocycles. The van der Waals surface area contributed by atoms with Gasteiger partial charge in [0, 0.05) is 12.0 Å². The van der Waals surface area contributed by atoms with Crippen molar-refractivity contribution < 1.29 is 34.4 Å². The number of ether oxygens (including phenoxy) is 2. The largest absolute Gasteiger partial charge is 0.466 e. The predicted molar refractivity (Wildman–Crippen MR) is 78.9 cm³/mol. The van der Waals surface area contributed by atoms with Crippen LogP contribution in [0, 0.1) is 5.41 Å². The summed E-state index contributed by atoms with van der Waals surface area (Å²) < 4.78 is 9.49. The first-order valence-corrected chi connectivity index (χ1v) is 7.21. The van der Waals surface area contributed by atoms with Crippen LogP contribution in [0.2, 0.25) is 0 Å². The molecular formula is C15H26O7. The van der Waals surface area contributed by atoms with E-state index >= 15 is 0 Å². The van der Waals surface area contributed by atoms with Crippen molar-refractivity contribution in [3.05, 3.63) is 12.2 Å². The van der Waals surface area contributed by atoms with E-state index in [1.807, 2.05) is 0 Å². The molecule has 0 aromatic heterocycles. The van der Waals surface area contributed by atoms with Crippen LogP contribution < -0.4 is 0 Å². The predicted octanol–water partition coefficient (Wildman–Crippen LogP) is 0.173. The van der Waals surface area contributed by atoms with Gasteiger partial charge >= 0.3 is 11.9 Å². The molecule has 1 aliphatic rings. The van der Waals surface area contributed by atoms with Crippen LogP contribution in [-0.2, 0) is 19.1 Å². The van der Waals surface area contributed by atoms with E-state index in [2.05, 4.69) is 6.58 Å². The number of cyclic esters (lactones) is 1. The number of esters is 2. The summed E-state index contributed by atoms with van der Waals surface area (Å²) in [7, 11) is 0. The number of carbonyl (C=O) groups is 2. The molecule has 0 saturated carbocycles. The van der Waals surface area contributed by atoms with Crippen LogP contribution in [-0.4, -0.2) is 60.3 Å². The highest BCUT2D eigenvalue weighted by molar-refractivity contribution is 5.86. The molecule has 7 nitrogen and oxygen atoms in total. The number of rotatable bonds is 6. The fourth-order valence-electron chi connectivity index (χ4n) is 1.44. The molecule has 3 N–H and O–H groups in total. The molecule has 0 radical (unpaired) electrons. The number of hydrogen-bond acceptors (Lipinski definition) is 7. The van der Waals surface area contributed by atoms with Gasteiger partial charge in [-0.1, -0.05) is 6.58 Å². The van der Waals surface area contributed by atoms with Gasteiger partial charge in [0.05, 0.1) is 31.8 Å². The summed E-state index contributed by atoms with van der Waals surface area (Å²) in [5.41, 5.74) is -0.946. The molecule has 0 bridgehead atoms. The first kappa shape index (κ1) is 20.6. The van der Waals surface area contributed by atoms with Crippen molar-refractivity contribution in [2.45, 2.75) is 32.6 Å². The van der Waals surface area contributed by atoms with E-state index in [-0.39, 0.29) is 18.1 Å². The highest BCUT2D eigenvalue weighted by Crippen LogP contribution is 2.15. The lowest BCUT2D eigenvalue weighted by Gasteiger charge is -2.26. The Balaban J connectivity index is 0.000000461. The first-order valence-electron chi connectivity index (χ1n) is 7.21. The van der Waals surface area contributed by atoms with Gasteiger partial charge in [-0.2, -0.15) is 0 Å². The molecule has 7 heteroatoms. The minimum Gasteiger partial charge on any atom is -0.466 e. The van der Waals surface area contributed by atoms with Crippen molar-refractivity contribution in [2.75, 3.05) is 33.0 Å². The molecule has 22 heavy (non-hydrogen) atoms.